The Hall–Kier alpha value is -2.04. The molecule has 164 valence electrons. The number of aromatic nitrogens is 1. The summed E-state index contributed by atoms with van der Waals surface area (Å²) in [7, 11) is -3.25. The minimum Gasteiger partial charge on any atom is -0.465 e. The molecule has 0 spiro atoms. The number of benzene rings is 1. The molecular formula is C20H27N3O5S2. The molecule has 0 radical (unpaired) electrons. The highest BCUT2D eigenvalue weighted by Crippen LogP contribution is 2.23. The highest BCUT2D eigenvalue weighted by Gasteiger charge is 2.29. The van der Waals surface area contributed by atoms with E-state index in [0.29, 0.717) is 30.7 Å². The van der Waals surface area contributed by atoms with E-state index in [9.17, 15) is 18.0 Å². The van der Waals surface area contributed by atoms with Crippen LogP contribution in [0.4, 0.5) is 0 Å². The Labute approximate surface area is 180 Å². The summed E-state index contributed by atoms with van der Waals surface area (Å²) in [4.78, 5) is 29.8. The number of carbonyl (C=O) groups excluding carboxylic acids is 2. The monoisotopic (exact) mass is 453 g/mol. The van der Waals surface area contributed by atoms with E-state index in [1.807, 2.05) is 26.0 Å². The van der Waals surface area contributed by atoms with Crippen LogP contribution in [0.1, 0.15) is 30.9 Å². The van der Waals surface area contributed by atoms with Gasteiger partial charge in [0.25, 0.3) is 5.91 Å². The summed E-state index contributed by atoms with van der Waals surface area (Å²) in [5.74, 6) is -0.987. The Morgan fingerprint density at radius 3 is 2.43 bits per heavy atom. The number of piperidine rings is 1. The van der Waals surface area contributed by atoms with Crippen LogP contribution in [0.2, 0.25) is 0 Å². The van der Waals surface area contributed by atoms with Crippen molar-refractivity contribution in [3.05, 3.63) is 28.1 Å². The van der Waals surface area contributed by atoms with Crippen LogP contribution in [0.3, 0.4) is 0 Å². The van der Waals surface area contributed by atoms with Gasteiger partial charge in [-0.15, -0.1) is 0 Å². The molecule has 2 aromatic rings. The lowest BCUT2D eigenvalue weighted by molar-refractivity contribution is -0.143. The molecule has 0 aliphatic carbocycles. The van der Waals surface area contributed by atoms with Gasteiger partial charge in [-0.05, 0) is 56.9 Å². The number of carbonyl (C=O) groups is 2. The molecule has 1 aromatic heterocycles. The maximum absolute atomic E-state index is 12.8. The summed E-state index contributed by atoms with van der Waals surface area (Å²) in [5, 5.41) is 0. The van der Waals surface area contributed by atoms with E-state index in [-0.39, 0.29) is 30.9 Å². The Bertz CT molecular complexity index is 1140. The number of thiazole rings is 1. The van der Waals surface area contributed by atoms with E-state index >= 15 is 0 Å². The summed E-state index contributed by atoms with van der Waals surface area (Å²) >= 11 is 1.37. The van der Waals surface area contributed by atoms with E-state index in [2.05, 4.69) is 4.99 Å². The van der Waals surface area contributed by atoms with Gasteiger partial charge in [0.15, 0.2) is 4.80 Å². The number of amides is 1. The van der Waals surface area contributed by atoms with Crippen LogP contribution >= 0.6 is 11.3 Å². The highest BCUT2D eigenvalue weighted by molar-refractivity contribution is 7.88. The molecule has 0 saturated carbocycles. The molecule has 1 fully saturated rings. The maximum Gasteiger partial charge on any atom is 0.326 e. The van der Waals surface area contributed by atoms with Crippen molar-refractivity contribution < 1.29 is 22.7 Å². The number of aryl methyl sites for hydroxylation is 2. The van der Waals surface area contributed by atoms with Crippen molar-refractivity contribution in [2.75, 3.05) is 26.0 Å². The van der Waals surface area contributed by atoms with Gasteiger partial charge in [-0.25, -0.2) is 12.7 Å². The van der Waals surface area contributed by atoms with Gasteiger partial charge in [-0.2, -0.15) is 4.99 Å². The van der Waals surface area contributed by atoms with Crippen LogP contribution in [0.15, 0.2) is 17.1 Å². The normalized spacial score (nSPS) is 16.9. The molecular weight excluding hydrogens is 426 g/mol. The summed E-state index contributed by atoms with van der Waals surface area (Å²) in [5.41, 5.74) is 3.05. The zero-order valence-corrected chi connectivity index (χ0v) is 19.3. The van der Waals surface area contributed by atoms with Crippen LogP contribution < -0.4 is 4.80 Å². The third-order valence-electron chi connectivity index (χ3n) is 5.37. The van der Waals surface area contributed by atoms with E-state index in [1.54, 1.807) is 11.5 Å². The van der Waals surface area contributed by atoms with Crippen molar-refractivity contribution in [1.82, 2.24) is 8.87 Å². The van der Waals surface area contributed by atoms with Crippen LogP contribution in [-0.2, 0) is 30.9 Å². The van der Waals surface area contributed by atoms with Crippen molar-refractivity contribution in [3.63, 3.8) is 0 Å². The fraction of sp³-hybridized carbons (Fsp3) is 0.550. The number of hydrogen-bond acceptors (Lipinski definition) is 6. The lowest BCUT2D eigenvalue weighted by Gasteiger charge is -2.28. The lowest BCUT2D eigenvalue weighted by atomic mass is 9.98. The molecule has 0 atom stereocenters. The average molecular weight is 454 g/mol. The predicted octanol–water partition coefficient (Wildman–Crippen LogP) is 1.98. The molecule has 1 aliphatic heterocycles. The van der Waals surface area contributed by atoms with E-state index < -0.39 is 10.0 Å². The lowest BCUT2D eigenvalue weighted by Crippen LogP contribution is -2.39. The van der Waals surface area contributed by atoms with Gasteiger partial charge < -0.3 is 9.30 Å². The van der Waals surface area contributed by atoms with Crippen LogP contribution in [0.25, 0.3) is 10.2 Å². The van der Waals surface area contributed by atoms with Crippen LogP contribution in [0, 0.1) is 19.8 Å². The third-order valence-corrected chi connectivity index (χ3v) is 7.71. The second kappa shape index (κ2) is 8.99. The zero-order valence-electron chi connectivity index (χ0n) is 17.7. The van der Waals surface area contributed by atoms with Crippen molar-refractivity contribution in [1.29, 1.82) is 0 Å². The van der Waals surface area contributed by atoms with Crippen molar-refractivity contribution in [3.8, 4) is 0 Å². The molecule has 3 rings (SSSR count). The van der Waals surface area contributed by atoms with Gasteiger partial charge in [0.1, 0.15) is 6.54 Å². The number of nitrogens with zero attached hydrogens (tertiary/aromatic N) is 3. The first-order valence-corrected chi connectivity index (χ1v) is 12.6. The number of ether oxygens (including phenoxy) is 1. The average Bonchev–Trinajstić information content (AvgIpc) is 2.98. The number of rotatable bonds is 5. The van der Waals surface area contributed by atoms with Gasteiger partial charge in [0.05, 0.1) is 23.1 Å². The molecule has 8 nitrogen and oxygen atoms in total. The first kappa shape index (κ1) is 22.6. The van der Waals surface area contributed by atoms with E-state index in [1.165, 1.54) is 21.9 Å². The zero-order chi connectivity index (χ0) is 22.1. The Balaban J connectivity index is 1.94. The predicted molar refractivity (Wildman–Crippen MR) is 116 cm³/mol. The first-order valence-electron chi connectivity index (χ1n) is 9.90. The standard InChI is InChI=1S/C20H27N3O5S2/c1-5-28-18(24)12-23-16-10-13(2)14(3)11-17(16)29-20(23)21-19(25)15-6-8-22(9-7-15)30(4,26)27/h10-11,15H,5-9,12H2,1-4H3. The van der Waals surface area contributed by atoms with Crippen molar-refractivity contribution in [2.24, 2.45) is 10.9 Å². The summed E-state index contributed by atoms with van der Waals surface area (Å²) in [6, 6.07) is 4.03. The second-order valence-electron chi connectivity index (χ2n) is 7.57. The maximum atomic E-state index is 12.8. The van der Waals surface area contributed by atoms with E-state index in [4.69, 9.17) is 4.74 Å². The molecule has 1 amide bonds. The van der Waals surface area contributed by atoms with Gasteiger partial charge in [-0.3, -0.25) is 9.59 Å². The topological polar surface area (TPSA) is 98.0 Å². The van der Waals surface area contributed by atoms with Gasteiger partial charge in [0, 0.05) is 19.0 Å². The molecule has 1 saturated heterocycles. The highest BCUT2D eigenvalue weighted by atomic mass is 32.2. The smallest absolute Gasteiger partial charge is 0.326 e. The Kier molecular flexibility index (Phi) is 6.78. The molecule has 1 aromatic carbocycles. The van der Waals surface area contributed by atoms with Gasteiger partial charge >= 0.3 is 5.97 Å². The fourth-order valence-corrected chi connectivity index (χ4v) is 5.50. The second-order valence-corrected chi connectivity index (χ2v) is 10.6. The van der Waals surface area contributed by atoms with E-state index in [0.717, 1.165) is 21.3 Å². The fourth-order valence-electron chi connectivity index (χ4n) is 3.52. The molecule has 30 heavy (non-hydrogen) atoms. The summed E-state index contributed by atoms with van der Waals surface area (Å²) in [6.07, 6.45) is 2.06. The first-order chi connectivity index (χ1) is 14.1. The van der Waals surface area contributed by atoms with Crippen molar-refractivity contribution >= 4 is 43.5 Å². The minimum atomic E-state index is -3.25. The molecule has 2 heterocycles. The number of fused-ring (bicyclic) bond motifs is 1. The largest absolute Gasteiger partial charge is 0.465 e. The molecule has 1 aliphatic rings. The number of esters is 1. The minimum absolute atomic E-state index is 0.0189. The molecule has 10 heteroatoms. The van der Waals surface area contributed by atoms with Gasteiger partial charge in [0.2, 0.25) is 10.0 Å². The third kappa shape index (κ3) is 4.98. The molecule has 0 bridgehead atoms. The van der Waals surface area contributed by atoms with Crippen molar-refractivity contribution in [2.45, 2.75) is 40.2 Å². The van der Waals surface area contributed by atoms with Crippen LogP contribution in [0.5, 0.6) is 0 Å². The number of sulfonamides is 1. The summed E-state index contributed by atoms with van der Waals surface area (Å²) < 4.78 is 32.5. The van der Waals surface area contributed by atoms with Gasteiger partial charge in [-0.1, -0.05) is 11.3 Å². The van der Waals surface area contributed by atoms with Crippen LogP contribution in [-0.4, -0.2) is 55.1 Å². The molecule has 0 unspecified atom stereocenters. The SMILES string of the molecule is CCOC(=O)Cn1c(=NC(=O)C2CCN(S(C)(=O)=O)CC2)sc2cc(C)c(C)cc21. The Morgan fingerprint density at radius 2 is 1.83 bits per heavy atom. The summed E-state index contributed by atoms with van der Waals surface area (Å²) in [6.45, 7) is 6.66. The quantitative estimate of drug-likeness (QED) is 0.645. The number of hydrogen-bond donors (Lipinski definition) is 0. The molecule has 0 N–H and O–H groups in total. The Morgan fingerprint density at radius 1 is 1.20 bits per heavy atom.